The molecule has 2 aromatic rings. The summed E-state index contributed by atoms with van der Waals surface area (Å²) in [5.74, 6) is -0.263. The Hall–Kier alpha value is -2.82. The Morgan fingerprint density at radius 1 is 1.00 bits per heavy atom. The van der Waals surface area contributed by atoms with E-state index >= 15 is 0 Å². The molecule has 1 saturated heterocycles. The molecule has 0 radical (unpaired) electrons. The van der Waals surface area contributed by atoms with Gasteiger partial charge in [0.1, 0.15) is 0 Å². The van der Waals surface area contributed by atoms with Gasteiger partial charge in [0.25, 0.3) is 5.91 Å². The van der Waals surface area contributed by atoms with Crippen molar-refractivity contribution in [3.63, 3.8) is 0 Å². The van der Waals surface area contributed by atoms with Gasteiger partial charge in [-0.05, 0) is 44.0 Å². The average Bonchev–Trinajstić information content (AvgIpc) is 3.17. The van der Waals surface area contributed by atoms with Gasteiger partial charge in [0.2, 0.25) is 5.91 Å². The predicted molar refractivity (Wildman–Crippen MR) is 105 cm³/mol. The molecule has 1 fully saturated rings. The van der Waals surface area contributed by atoms with Gasteiger partial charge in [-0.2, -0.15) is 0 Å². The van der Waals surface area contributed by atoms with Crippen molar-refractivity contribution >= 4 is 23.2 Å². The van der Waals surface area contributed by atoms with Gasteiger partial charge in [0.15, 0.2) is 0 Å². The van der Waals surface area contributed by atoms with Crippen LogP contribution in [0.25, 0.3) is 0 Å². The normalized spacial score (nSPS) is 14.7. The lowest BCUT2D eigenvalue weighted by Crippen LogP contribution is -2.35. The van der Waals surface area contributed by atoms with Gasteiger partial charge in [-0.15, -0.1) is 0 Å². The van der Waals surface area contributed by atoms with Crippen molar-refractivity contribution in [1.82, 2.24) is 5.32 Å². The highest BCUT2D eigenvalue weighted by molar-refractivity contribution is 5.96. The maximum absolute atomic E-state index is 12.4. The molecule has 136 valence electrons. The SMILES string of the molecule is CC(CC(=O)Nc1ccccc1N1CCCC1)NC(=O)c1ccccc1. The largest absolute Gasteiger partial charge is 0.370 e. The summed E-state index contributed by atoms with van der Waals surface area (Å²) in [6, 6.07) is 16.7. The first-order valence-corrected chi connectivity index (χ1v) is 9.13. The lowest BCUT2D eigenvalue weighted by atomic mass is 10.1. The summed E-state index contributed by atoms with van der Waals surface area (Å²) in [5.41, 5.74) is 2.50. The van der Waals surface area contributed by atoms with Crippen LogP contribution < -0.4 is 15.5 Å². The lowest BCUT2D eigenvalue weighted by molar-refractivity contribution is -0.116. The number of nitrogens with one attached hydrogen (secondary N) is 2. The molecule has 0 aliphatic carbocycles. The van der Waals surface area contributed by atoms with E-state index in [1.807, 2.05) is 49.4 Å². The molecule has 5 heteroatoms. The zero-order valence-corrected chi connectivity index (χ0v) is 15.1. The fourth-order valence-electron chi connectivity index (χ4n) is 3.24. The number of rotatable bonds is 6. The van der Waals surface area contributed by atoms with E-state index in [-0.39, 0.29) is 24.3 Å². The third-order valence-corrected chi connectivity index (χ3v) is 4.53. The Kier molecular flexibility index (Phi) is 5.89. The Balaban J connectivity index is 1.56. The first-order valence-electron chi connectivity index (χ1n) is 9.13. The number of carbonyl (C=O) groups is 2. The van der Waals surface area contributed by atoms with Gasteiger partial charge >= 0.3 is 0 Å². The quantitative estimate of drug-likeness (QED) is 0.838. The zero-order valence-electron chi connectivity index (χ0n) is 15.1. The van der Waals surface area contributed by atoms with E-state index in [1.54, 1.807) is 12.1 Å². The highest BCUT2D eigenvalue weighted by Crippen LogP contribution is 2.28. The van der Waals surface area contributed by atoms with Crippen molar-refractivity contribution < 1.29 is 9.59 Å². The molecule has 0 bridgehead atoms. The third kappa shape index (κ3) is 4.63. The van der Waals surface area contributed by atoms with Crippen LogP contribution in [0.5, 0.6) is 0 Å². The van der Waals surface area contributed by atoms with Crippen LogP contribution in [0.1, 0.15) is 36.5 Å². The molecule has 2 aromatic carbocycles. The van der Waals surface area contributed by atoms with Crippen LogP contribution in [-0.2, 0) is 4.79 Å². The van der Waals surface area contributed by atoms with Crippen molar-refractivity contribution in [1.29, 1.82) is 0 Å². The van der Waals surface area contributed by atoms with Gasteiger partial charge in [0.05, 0.1) is 11.4 Å². The third-order valence-electron chi connectivity index (χ3n) is 4.53. The molecule has 2 amide bonds. The Bertz CT molecular complexity index is 755. The number of nitrogens with zero attached hydrogens (tertiary/aromatic N) is 1. The van der Waals surface area contributed by atoms with Crippen LogP contribution in [0.15, 0.2) is 54.6 Å². The second-order valence-electron chi connectivity index (χ2n) is 6.70. The monoisotopic (exact) mass is 351 g/mol. The van der Waals surface area contributed by atoms with Gasteiger partial charge in [-0.1, -0.05) is 30.3 Å². The Morgan fingerprint density at radius 3 is 2.38 bits per heavy atom. The van der Waals surface area contributed by atoms with Crippen LogP contribution in [0.2, 0.25) is 0 Å². The average molecular weight is 351 g/mol. The summed E-state index contributed by atoms with van der Waals surface area (Å²) >= 11 is 0. The minimum Gasteiger partial charge on any atom is -0.370 e. The van der Waals surface area contributed by atoms with E-state index in [1.165, 1.54) is 12.8 Å². The predicted octanol–water partition coefficient (Wildman–Crippen LogP) is 3.43. The van der Waals surface area contributed by atoms with Crippen LogP contribution in [0.4, 0.5) is 11.4 Å². The minimum absolute atomic E-state index is 0.0995. The smallest absolute Gasteiger partial charge is 0.251 e. The van der Waals surface area contributed by atoms with Crippen molar-refractivity contribution in [2.75, 3.05) is 23.3 Å². The van der Waals surface area contributed by atoms with Gasteiger partial charge < -0.3 is 15.5 Å². The Labute approximate surface area is 154 Å². The molecule has 1 aliphatic heterocycles. The van der Waals surface area contributed by atoms with Gasteiger partial charge in [0, 0.05) is 31.1 Å². The summed E-state index contributed by atoms with van der Waals surface area (Å²) in [6.07, 6.45) is 2.60. The molecule has 2 N–H and O–H groups in total. The zero-order chi connectivity index (χ0) is 18.4. The van der Waals surface area contributed by atoms with Gasteiger partial charge in [-0.3, -0.25) is 9.59 Å². The minimum atomic E-state index is -0.248. The van der Waals surface area contributed by atoms with E-state index in [0.29, 0.717) is 5.56 Å². The highest BCUT2D eigenvalue weighted by atomic mass is 16.2. The van der Waals surface area contributed by atoms with Crippen molar-refractivity contribution in [3.05, 3.63) is 60.2 Å². The van der Waals surface area contributed by atoms with E-state index in [4.69, 9.17) is 0 Å². The number of amides is 2. The maximum atomic E-state index is 12.4. The topological polar surface area (TPSA) is 61.4 Å². The van der Waals surface area contributed by atoms with Crippen LogP contribution in [-0.4, -0.2) is 30.9 Å². The number of carbonyl (C=O) groups excluding carboxylic acids is 2. The number of anilines is 2. The standard InChI is InChI=1S/C21H25N3O2/c1-16(22-21(26)17-9-3-2-4-10-17)15-20(25)23-18-11-5-6-12-19(18)24-13-7-8-14-24/h2-6,9-12,16H,7-8,13-15H2,1H3,(H,22,26)(H,23,25). The van der Waals surface area contributed by atoms with E-state index in [0.717, 1.165) is 24.5 Å². The Morgan fingerprint density at radius 2 is 1.65 bits per heavy atom. The molecular formula is C21H25N3O2. The van der Waals surface area contributed by atoms with E-state index in [9.17, 15) is 9.59 Å². The lowest BCUT2D eigenvalue weighted by Gasteiger charge is -2.22. The molecule has 5 nitrogen and oxygen atoms in total. The molecule has 26 heavy (non-hydrogen) atoms. The van der Waals surface area contributed by atoms with Crippen LogP contribution >= 0.6 is 0 Å². The summed E-state index contributed by atoms with van der Waals surface area (Å²) in [7, 11) is 0. The maximum Gasteiger partial charge on any atom is 0.251 e. The van der Waals surface area contributed by atoms with Crippen molar-refractivity contribution in [2.45, 2.75) is 32.2 Å². The number of hydrogen-bond donors (Lipinski definition) is 2. The van der Waals surface area contributed by atoms with E-state index in [2.05, 4.69) is 15.5 Å². The first kappa shape index (κ1) is 18.0. The molecule has 1 atom stereocenters. The number of para-hydroxylation sites is 2. The summed E-state index contributed by atoms with van der Waals surface area (Å²) < 4.78 is 0. The molecule has 1 heterocycles. The fraction of sp³-hybridized carbons (Fsp3) is 0.333. The molecule has 1 aliphatic rings. The van der Waals surface area contributed by atoms with Crippen LogP contribution in [0, 0.1) is 0 Å². The summed E-state index contributed by atoms with van der Waals surface area (Å²) in [5, 5.41) is 5.87. The molecule has 0 spiro atoms. The van der Waals surface area contributed by atoms with Crippen LogP contribution in [0.3, 0.4) is 0 Å². The fourth-order valence-corrected chi connectivity index (χ4v) is 3.24. The molecule has 0 aromatic heterocycles. The van der Waals surface area contributed by atoms with Crippen molar-refractivity contribution in [3.8, 4) is 0 Å². The summed E-state index contributed by atoms with van der Waals surface area (Å²) in [6.45, 7) is 3.89. The number of hydrogen-bond acceptors (Lipinski definition) is 3. The molecular weight excluding hydrogens is 326 g/mol. The first-order chi connectivity index (χ1) is 12.6. The second-order valence-corrected chi connectivity index (χ2v) is 6.70. The number of benzene rings is 2. The second kappa shape index (κ2) is 8.52. The highest BCUT2D eigenvalue weighted by Gasteiger charge is 2.18. The molecule has 1 unspecified atom stereocenters. The van der Waals surface area contributed by atoms with E-state index < -0.39 is 0 Å². The summed E-state index contributed by atoms with van der Waals surface area (Å²) in [4.78, 5) is 26.9. The molecule has 0 saturated carbocycles. The molecule has 3 rings (SSSR count). The van der Waals surface area contributed by atoms with Crippen molar-refractivity contribution in [2.24, 2.45) is 0 Å². The van der Waals surface area contributed by atoms with Gasteiger partial charge in [-0.25, -0.2) is 0 Å².